The molecule has 0 aliphatic rings. The molecule has 0 radical (unpaired) electrons. The molecule has 0 atom stereocenters. The third kappa shape index (κ3) is 3.37. The van der Waals surface area contributed by atoms with Gasteiger partial charge in [-0.25, -0.2) is 24.1 Å². The molecule has 0 unspecified atom stereocenters. The number of nitrogens with one attached hydrogen (secondary N) is 1. The first-order valence-corrected chi connectivity index (χ1v) is 8.67. The van der Waals surface area contributed by atoms with E-state index in [2.05, 4.69) is 15.0 Å². The Morgan fingerprint density at radius 1 is 1.13 bits per heavy atom. The van der Waals surface area contributed by atoms with Gasteiger partial charge in [0.2, 0.25) is 0 Å². The molecule has 0 spiro atoms. The van der Waals surface area contributed by atoms with Crippen LogP contribution in [0.4, 0.5) is 5.69 Å². The number of nitrogens with two attached hydrogens (primary N) is 1. The number of nitro benzene ring substituents is 1. The van der Waals surface area contributed by atoms with Crippen LogP contribution in [0.2, 0.25) is 0 Å². The maximum Gasteiger partial charge on any atom is 0.335 e. The Labute approximate surface area is 171 Å². The van der Waals surface area contributed by atoms with Crippen LogP contribution in [0.1, 0.15) is 20.8 Å². The van der Waals surface area contributed by atoms with Crippen LogP contribution in [0.15, 0.2) is 53.3 Å². The highest BCUT2D eigenvalue weighted by molar-refractivity contribution is 6.02. The van der Waals surface area contributed by atoms with Gasteiger partial charge in [-0.1, -0.05) is 12.1 Å². The van der Waals surface area contributed by atoms with E-state index in [-0.39, 0.29) is 45.2 Å². The fourth-order valence-corrected chi connectivity index (χ4v) is 3.05. The van der Waals surface area contributed by atoms with Crippen molar-refractivity contribution in [2.75, 3.05) is 0 Å². The number of nitro groups is 1. The van der Waals surface area contributed by atoms with Crippen molar-refractivity contribution in [3.63, 3.8) is 0 Å². The number of carbonyl (C=O) groups is 2. The minimum atomic E-state index is -1.16. The van der Waals surface area contributed by atoms with Crippen LogP contribution in [-0.2, 0) is 0 Å². The lowest BCUT2D eigenvalue weighted by molar-refractivity contribution is -0.384. The summed E-state index contributed by atoms with van der Waals surface area (Å²) in [4.78, 5) is 57.1. The van der Waals surface area contributed by atoms with Crippen LogP contribution in [0.5, 0.6) is 0 Å². The molecule has 0 aliphatic carbocycles. The highest BCUT2D eigenvalue weighted by Crippen LogP contribution is 2.23. The SMILES string of the molecule is NC(=O)c1nc(-c2cccc(C(=O)O)c2)nc2c1[nH]c(=O)n2-c1ccc([N+](=O)[O-])cc1. The first kappa shape index (κ1) is 19.4. The van der Waals surface area contributed by atoms with Crippen molar-refractivity contribution in [1.29, 1.82) is 0 Å². The van der Waals surface area contributed by atoms with E-state index in [4.69, 9.17) is 5.73 Å². The number of non-ortho nitro benzene ring substituents is 1. The van der Waals surface area contributed by atoms with Gasteiger partial charge in [0, 0.05) is 17.7 Å². The molecule has 0 fully saturated rings. The zero-order valence-corrected chi connectivity index (χ0v) is 15.5. The Morgan fingerprint density at radius 3 is 2.45 bits per heavy atom. The van der Waals surface area contributed by atoms with E-state index in [0.717, 1.165) is 4.57 Å². The Balaban J connectivity index is 1.99. The smallest absolute Gasteiger partial charge is 0.335 e. The van der Waals surface area contributed by atoms with Gasteiger partial charge >= 0.3 is 11.7 Å². The molecular weight excluding hydrogens is 408 g/mol. The Morgan fingerprint density at radius 2 is 1.84 bits per heavy atom. The lowest BCUT2D eigenvalue weighted by Crippen LogP contribution is -2.15. The monoisotopic (exact) mass is 420 g/mol. The van der Waals surface area contributed by atoms with Gasteiger partial charge in [0.1, 0.15) is 5.52 Å². The van der Waals surface area contributed by atoms with Crippen LogP contribution < -0.4 is 11.4 Å². The number of carboxylic acid groups (broad SMARTS) is 1. The summed E-state index contributed by atoms with van der Waals surface area (Å²) < 4.78 is 1.11. The van der Waals surface area contributed by atoms with Gasteiger partial charge in [0.05, 0.1) is 16.2 Å². The van der Waals surface area contributed by atoms with Crippen molar-refractivity contribution in [1.82, 2.24) is 19.5 Å². The van der Waals surface area contributed by atoms with Gasteiger partial charge in [-0.05, 0) is 24.3 Å². The predicted molar refractivity (Wildman–Crippen MR) is 107 cm³/mol. The Kier molecular flexibility index (Phi) is 4.51. The predicted octanol–water partition coefficient (Wildman–Crippen LogP) is 1.48. The number of imidazole rings is 1. The number of primary amides is 1. The lowest BCUT2D eigenvalue weighted by atomic mass is 10.1. The molecule has 2 aromatic carbocycles. The van der Waals surface area contributed by atoms with E-state index < -0.39 is 22.5 Å². The molecule has 0 saturated carbocycles. The van der Waals surface area contributed by atoms with Crippen molar-refractivity contribution >= 4 is 28.7 Å². The van der Waals surface area contributed by atoms with Crippen LogP contribution in [0.25, 0.3) is 28.2 Å². The number of carbonyl (C=O) groups excluding carboxylic acids is 1. The highest BCUT2D eigenvalue weighted by atomic mass is 16.6. The van der Waals surface area contributed by atoms with Crippen molar-refractivity contribution in [3.05, 3.63) is 80.4 Å². The Hall–Kier alpha value is -4.87. The third-order valence-electron chi connectivity index (χ3n) is 4.46. The standard InChI is InChI=1S/C19H12N6O6/c20-15(26)13-14-17(23-16(21-13)9-2-1-3-10(8-9)18(27)28)24(19(29)22-14)11-4-6-12(7-5-11)25(30)31/h1-8H,(H2,20,26)(H,22,29)(H,27,28). The number of rotatable bonds is 5. The number of benzene rings is 2. The maximum absolute atomic E-state index is 12.6. The van der Waals surface area contributed by atoms with Crippen LogP contribution in [0, 0.1) is 10.1 Å². The largest absolute Gasteiger partial charge is 0.478 e. The summed E-state index contributed by atoms with van der Waals surface area (Å²) in [5, 5.41) is 20.1. The van der Waals surface area contributed by atoms with Gasteiger partial charge in [0.25, 0.3) is 11.6 Å². The van der Waals surface area contributed by atoms with Crippen molar-refractivity contribution in [2.24, 2.45) is 5.73 Å². The summed E-state index contributed by atoms with van der Waals surface area (Å²) in [6.07, 6.45) is 0. The number of nitrogens with zero attached hydrogens (tertiary/aromatic N) is 4. The average Bonchev–Trinajstić information content (AvgIpc) is 3.08. The topological polar surface area (TPSA) is 187 Å². The number of aromatic nitrogens is 4. The molecule has 0 bridgehead atoms. The number of aromatic amines is 1. The van der Waals surface area contributed by atoms with E-state index in [9.17, 15) is 29.6 Å². The molecule has 2 aromatic heterocycles. The van der Waals surface area contributed by atoms with Gasteiger partial charge in [-0.2, -0.15) is 0 Å². The number of fused-ring (bicyclic) bond motifs is 1. The zero-order chi connectivity index (χ0) is 22.3. The zero-order valence-electron chi connectivity index (χ0n) is 15.5. The fraction of sp³-hybridized carbons (Fsp3) is 0. The first-order valence-electron chi connectivity index (χ1n) is 8.67. The molecule has 0 aliphatic heterocycles. The van der Waals surface area contributed by atoms with Crippen molar-refractivity contribution in [3.8, 4) is 17.1 Å². The molecule has 4 aromatic rings. The first-order chi connectivity index (χ1) is 14.8. The second-order valence-electron chi connectivity index (χ2n) is 6.38. The fourth-order valence-electron chi connectivity index (χ4n) is 3.05. The van der Waals surface area contributed by atoms with Gasteiger partial charge in [-0.15, -0.1) is 0 Å². The van der Waals surface area contributed by atoms with E-state index in [1.807, 2.05) is 0 Å². The van der Waals surface area contributed by atoms with Gasteiger partial charge in [0.15, 0.2) is 17.2 Å². The molecule has 1 amide bonds. The molecule has 12 nitrogen and oxygen atoms in total. The molecule has 4 rings (SSSR count). The van der Waals surface area contributed by atoms with Crippen LogP contribution in [0.3, 0.4) is 0 Å². The maximum atomic E-state index is 12.6. The molecule has 0 saturated heterocycles. The lowest BCUT2D eigenvalue weighted by Gasteiger charge is -2.07. The van der Waals surface area contributed by atoms with Crippen molar-refractivity contribution < 1.29 is 19.6 Å². The van der Waals surface area contributed by atoms with E-state index >= 15 is 0 Å². The molecule has 31 heavy (non-hydrogen) atoms. The highest BCUT2D eigenvalue weighted by Gasteiger charge is 2.21. The quantitative estimate of drug-likeness (QED) is 0.320. The van der Waals surface area contributed by atoms with E-state index in [1.54, 1.807) is 6.07 Å². The second kappa shape index (κ2) is 7.18. The minimum Gasteiger partial charge on any atom is -0.478 e. The minimum absolute atomic E-state index is 0.00150. The van der Waals surface area contributed by atoms with Gasteiger partial charge in [-0.3, -0.25) is 14.9 Å². The van der Waals surface area contributed by atoms with Crippen LogP contribution in [-0.4, -0.2) is 41.4 Å². The average molecular weight is 420 g/mol. The molecule has 154 valence electrons. The number of hydrogen-bond acceptors (Lipinski definition) is 7. The summed E-state index contributed by atoms with van der Waals surface area (Å²) in [6.45, 7) is 0. The van der Waals surface area contributed by atoms with Crippen LogP contribution >= 0.6 is 0 Å². The summed E-state index contributed by atoms with van der Waals surface area (Å²) in [5.74, 6) is -2.12. The van der Waals surface area contributed by atoms with Crippen molar-refractivity contribution in [2.45, 2.75) is 0 Å². The number of H-pyrrole nitrogens is 1. The number of hydrogen-bond donors (Lipinski definition) is 3. The Bertz CT molecular complexity index is 1440. The number of carboxylic acids is 1. The molecular formula is C19H12N6O6. The molecule has 2 heterocycles. The van der Waals surface area contributed by atoms with Gasteiger partial charge < -0.3 is 15.8 Å². The van der Waals surface area contributed by atoms with E-state index in [1.165, 1.54) is 42.5 Å². The summed E-state index contributed by atoms with van der Waals surface area (Å²) in [6, 6.07) is 10.9. The van der Waals surface area contributed by atoms with E-state index in [0.29, 0.717) is 0 Å². The summed E-state index contributed by atoms with van der Waals surface area (Å²) >= 11 is 0. The number of amides is 1. The molecule has 12 heteroatoms. The second-order valence-corrected chi connectivity index (χ2v) is 6.38. The third-order valence-corrected chi connectivity index (χ3v) is 4.46. The molecule has 4 N–H and O–H groups in total. The summed E-state index contributed by atoms with van der Waals surface area (Å²) in [7, 11) is 0. The normalized spacial score (nSPS) is 10.8. The number of aromatic carboxylic acids is 1. The summed E-state index contributed by atoms with van der Waals surface area (Å²) in [5.41, 5.74) is 4.81.